The minimum atomic E-state index is -4.63. The number of fused-ring (bicyclic) bond motifs is 1. The highest BCUT2D eigenvalue weighted by Crippen LogP contribution is 2.35. The minimum Gasteiger partial charge on any atom is -0.493 e. The molecule has 0 bridgehead atoms. The average molecular weight is 466 g/mol. The molecule has 0 saturated carbocycles. The SMILES string of the molecule is CCC(COc1cc2c(NCc3cc(C(F)(F)F)nc(N)n3)nc(C)nc2cc1OC)OC. The Morgan fingerprint density at radius 3 is 2.45 bits per heavy atom. The maximum atomic E-state index is 13.0. The number of nitrogens with one attached hydrogen (secondary N) is 1. The summed E-state index contributed by atoms with van der Waals surface area (Å²) >= 11 is 0. The molecule has 3 aromatic rings. The first kappa shape index (κ1) is 24.2. The van der Waals surface area contributed by atoms with Crippen molar-refractivity contribution in [2.75, 3.05) is 31.9 Å². The standard InChI is InChI=1S/C21H25F3N6O3/c1-5-13(31-3)10-33-17-7-14-15(8-16(17)32-4)27-11(2)28-19(14)26-9-12-6-18(21(22,23)24)30-20(25)29-12/h6-8,13H,5,9-10H2,1-4H3,(H2,25,29,30)(H,26,27,28). The summed E-state index contributed by atoms with van der Waals surface area (Å²) in [4.78, 5) is 15.9. The first-order chi connectivity index (χ1) is 15.6. The fraction of sp³-hybridized carbons (Fsp3) is 0.429. The molecular formula is C21H25F3N6O3. The van der Waals surface area contributed by atoms with Gasteiger partial charge >= 0.3 is 6.18 Å². The smallest absolute Gasteiger partial charge is 0.433 e. The van der Waals surface area contributed by atoms with Crippen LogP contribution in [-0.2, 0) is 17.5 Å². The molecule has 1 aromatic carbocycles. The third-order valence-corrected chi connectivity index (χ3v) is 4.83. The highest BCUT2D eigenvalue weighted by Gasteiger charge is 2.33. The van der Waals surface area contributed by atoms with Crippen LogP contribution in [0.5, 0.6) is 11.5 Å². The van der Waals surface area contributed by atoms with E-state index in [2.05, 4.69) is 25.3 Å². The molecule has 12 heteroatoms. The van der Waals surface area contributed by atoms with E-state index in [0.717, 1.165) is 12.5 Å². The number of nitrogen functional groups attached to an aromatic ring is 1. The molecule has 9 nitrogen and oxygen atoms in total. The van der Waals surface area contributed by atoms with Crippen LogP contribution in [0.25, 0.3) is 10.9 Å². The molecule has 0 aliphatic carbocycles. The predicted octanol–water partition coefficient (Wildman–Crippen LogP) is 3.75. The van der Waals surface area contributed by atoms with Gasteiger partial charge in [0, 0.05) is 18.6 Å². The molecule has 0 radical (unpaired) electrons. The molecule has 1 unspecified atom stereocenters. The quantitative estimate of drug-likeness (QED) is 0.486. The van der Waals surface area contributed by atoms with Gasteiger partial charge in [0.2, 0.25) is 5.95 Å². The van der Waals surface area contributed by atoms with Crippen LogP contribution in [0.2, 0.25) is 0 Å². The fourth-order valence-electron chi connectivity index (χ4n) is 3.12. The lowest BCUT2D eigenvalue weighted by molar-refractivity contribution is -0.141. The molecule has 33 heavy (non-hydrogen) atoms. The van der Waals surface area contributed by atoms with E-state index in [1.54, 1.807) is 26.2 Å². The van der Waals surface area contributed by atoms with Crippen LogP contribution in [0.15, 0.2) is 18.2 Å². The molecule has 0 fully saturated rings. The molecule has 0 saturated heterocycles. The number of halogens is 3. The largest absolute Gasteiger partial charge is 0.493 e. The summed E-state index contributed by atoms with van der Waals surface area (Å²) < 4.78 is 55.8. The summed E-state index contributed by atoms with van der Waals surface area (Å²) in [5.74, 6) is 1.34. The van der Waals surface area contributed by atoms with E-state index in [1.807, 2.05) is 6.92 Å². The van der Waals surface area contributed by atoms with E-state index < -0.39 is 17.8 Å². The van der Waals surface area contributed by atoms with Gasteiger partial charge in [-0.15, -0.1) is 0 Å². The number of ether oxygens (including phenoxy) is 3. The van der Waals surface area contributed by atoms with Gasteiger partial charge in [-0.05, 0) is 25.5 Å². The lowest BCUT2D eigenvalue weighted by Crippen LogP contribution is -2.19. The Bertz CT molecular complexity index is 1120. The van der Waals surface area contributed by atoms with Crippen molar-refractivity contribution in [1.29, 1.82) is 0 Å². The second kappa shape index (κ2) is 10.0. The Morgan fingerprint density at radius 1 is 1.06 bits per heavy atom. The van der Waals surface area contributed by atoms with Gasteiger partial charge in [-0.1, -0.05) is 6.92 Å². The highest BCUT2D eigenvalue weighted by atomic mass is 19.4. The maximum absolute atomic E-state index is 13.0. The van der Waals surface area contributed by atoms with Crippen molar-refractivity contribution in [2.24, 2.45) is 0 Å². The van der Waals surface area contributed by atoms with Gasteiger partial charge in [-0.2, -0.15) is 13.2 Å². The van der Waals surface area contributed by atoms with Crippen LogP contribution >= 0.6 is 0 Å². The number of nitrogens with zero attached hydrogens (tertiary/aromatic N) is 4. The van der Waals surface area contributed by atoms with E-state index in [4.69, 9.17) is 19.9 Å². The number of anilines is 2. The van der Waals surface area contributed by atoms with Crippen molar-refractivity contribution < 1.29 is 27.4 Å². The van der Waals surface area contributed by atoms with Crippen molar-refractivity contribution >= 4 is 22.7 Å². The lowest BCUT2D eigenvalue weighted by Gasteiger charge is -2.17. The van der Waals surface area contributed by atoms with Crippen LogP contribution in [0.4, 0.5) is 24.9 Å². The van der Waals surface area contributed by atoms with Gasteiger partial charge in [0.1, 0.15) is 23.9 Å². The predicted molar refractivity (Wildman–Crippen MR) is 116 cm³/mol. The van der Waals surface area contributed by atoms with E-state index in [0.29, 0.717) is 40.7 Å². The van der Waals surface area contributed by atoms with Crippen molar-refractivity contribution in [3.63, 3.8) is 0 Å². The van der Waals surface area contributed by atoms with Crippen LogP contribution in [0, 0.1) is 6.92 Å². The zero-order valence-electron chi connectivity index (χ0n) is 18.7. The van der Waals surface area contributed by atoms with Crippen molar-refractivity contribution in [3.8, 4) is 11.5 Å². The fourth-order valence-corrected chi connectivity index (χ4v) is 3.12. The van der Waals surface area contributed by atoms with E-state index in [-0.39, 0.29) is 18.3 Å². The molecule has 0 spiro atoms. The summed E-state index contributed by atoms with van der Waals surface area (Å²) in [5.41, 5.74) is 4.98. The van der Waals surface area contributed by atoms with E-state index in [9.17, 15) is 13.2 Å². The molecule has 2 aromatic heterocycles. The van der Waals surface area contributed by atoms with Crippen LogP contribution in [0.1, 0.15) is 30.6 Å². The van der Waals surface area contributed by atoms with Gasteiger partial charge in [-0.3, -0.25) is 0 Å². The highest BCUT2D eigenvalue weighted by molar-refractivity contribution is 5.91. The molecule has 178 valence electrons. The van der Waals surface area contributed by atoms with Gasteiger partial charge in [0.15, 0.2) is 11.5 Å². The second-order valence-corrected chi connectivity index (χ2v) is 7.17. The maximum Gasteiger partial charge on any atom is 0.433 e. The number of methoxy groups -OCH3 is 2. The number of aromatic nitrogens is 4. The zero-order chi connectivity index (χ0) is 24.2. The molecule has 3 N–H and O–H groups in total. The van der Waals surface area contributed by atoms with Gasteiger partial charge in [-0.25, -0.2) is 19.9 Å². The summed E-state index contributed by atoms with van der Waals surface area (Å²) in [6.45, 7) is 3.93. The number of rotatable bonds is 9. The molecule has 0 aliphatic heterocycles. The number of hydrogen-bond donors (Lipinski definition) is 2. The molecule has 2 heterocycles. The Kier molecular flexibility index (Phi) is 7.36. The third-order valence-electron chi connectivity index (χ3n) is 4.83. The van der Waals surface area contributed by atoms with Crippen LogP contribution in [0.3, 0.4) is 0 Å². The molecule has 0 aliphatic rings. The number of nitrogens with two attached hydrogens (primary N) is 1. The van der Waals surface area contributed by atoms with Crippen LogP contribution < -0.4 is 20.5 Å². The van der Waals surface area contributed by atoms with Crippen LogP contribution in [-0.4, -0.2) is 46.9 Å². The third kappa shape index (κ3) is 5.89. The lowest BCUT2D eigenvalue weighted by atomic mass is 10.2. The Labute approximate surface area is 188 Å². The Balaban J connectivity index is 1.94. The second-order valence-electron chi connectivity index (χ2n) is 7.17. The molecule has 0 amide bonds. The monoisotopic (exact) mass is 466 g/mol. The Morgan fingerprint density at radius 2 is 1.82 bits per heavy atom. The summed E-state index contributed by atoms with van der Waals surface area (Å²) in [6, 6.07) is 4.27. The van der Waals surface area contributed by atoms with Crippen molar-refractivity contribution in [3.05, 3.63) is 35.4 Å². The topological polar surface area (TPSA) is 117 Å². The normalized spacial score (nSPS) is 12.6. The summed E-state index contributed by atoms with van der Waals surface area (Å²) in [5, 5.41) is 3.61. The van der Waals surface area contributed by atoms with Gasteiger partial charge in [0.05, 0.1) is 31.0 Å². The number of aryl methyl sites for hydroxylation is 1. The van der Waals surface area contributed by atoms with E-state index >= 15 is 0 Å². The Hall–Kier alpha value is -3.41. The minimum absolute atomic E-state index is 0.0643. The first-order valence-corrected chi connectivity index (χ1v) is 10.1. The number of alkyl halides is 3. The molecule has 3 rings (SSSR count). The van der Waals surface area contributed by atoms with Gasteiger partial charge < -0.3 is 25.3 Å². The van der Waals surface area contributed by atoms with Crippen molar-refractivity contribution in [1.82, 2.24) is 19.9 Å². The molecular weight excluding hydrogens is 441 g/mol. The van der Waals surface area contributed by atoms with Crippen molar-refractivity contribution in [2.45, 2.75) is 39.1 Å². The number of benzene rings is 1. The average Bonchev–Trinajstić information content (AvgIpc) is 2.76. The molecule has 1 atom stereocenters. The van der Waals surface area contributed by atoms with Gasteiger partial charge in [0.25, 0.3) is 0 Å². The summed E-state index contributed by atoms with van der Waals surface area (Å²) in [7, 11) is 3.13. The zero-order valence-corrected chi connectivity index (χ0v) is 18.7. The number of hydrogen-bond acceptors (Lipinski definition) is 9. The first-order valence-electron chi connectivity index (χ1n) is 10.1. The summed E-state index contributed by atoms with van der Waals surface area (Å²) in [6.07, 6.45) is -3.96. The van der Waals surface area contributed by atoms with E-state index in [1.165, 1.54) is 7.11 Å².